The fourth-order valence-electron chi connectivity index (χ4n) is 2.61. The molecule has 0 aliphatic rings. The summed E-state index contributed by atoms with van der Waals surface area (Å²) in [6, 6.07) is 13.7. The number of rotatable bonds is 7. The third kappa shape index (κ3) is 4.51. The van der Waals surface area contributed by atoms with E-state index in [1.165, 1.54) is 0 Å². The van der Waals surface area contributed by atoms with E-state index in [-0.39, 0.29) is 6.10 Å². The van der Waals surface area contributed by atoms with Crippen LogP contribution in [0.4, 0.5) is 0 Å². The van der Waals surface area contributed by atoms with E-state index in [0.717, 1.165) is 21.4 Å². The topological polar surface area (TPSA) is 64.1 Å². The van der Waals surface area contributed by atoms with Gasteiger partial charge in [-0.2, -0.15) is 5.10 Å². The van der Waals surface area contributed by atoms with Crippen molar-refractivity contribution in [3.05, 3.63) is 57.3 Å². The average molecular weight is 449 g/mol. The number of nitrogens with one attached hydrogen (secondary N) is 2. The van der Waals surface area contributed by atoms with Gasteiger partial charge in [-0.1, -0.05) is 46.3 Å². The highest BCUT2D eigenvalue weighted by molar-refractivity contribution is 9.10. The van der Waals surface area contributed by atoms with Crippen molar-refractivity contribution in [3.8, 4) is 22.9 Å². The second-order valence-corrected chi connectivity index (χ2v) is 7.39. The fraction of sp³-hybridized carbons (Fsp3) is 0.263. The molecule has 0 unspecified atom stereocenters. The molecule has 27 heavy (non-hydrogen) atoms. The van der Waals surface area contributed by atoms with Crippen LogP contribution in [0.5, 0.6) is 11.5 Å². The molecule has 0 aliphatic heterocycles. The van der Waals surface area contributed by atoms with Gasteiger partial charge in [0.25, 0.3) is 0 Å². The van der Waals surface area contributed by atoms with E-state index < -0.39 is 0 Å². The third-order valence-corrected chi connectivity index (χ3v) is 4.84. The molecule has 0 atom stereocenters. The number of nitrogens with zero attached hydrogens (tertiary/aromatic N) is 2. The molecule has 142 valence electrons. The summed E-state index contributed by atoms with van der Waals surface area (Å²) in [5, 5.41) is 7.16. The van der Waals surface area contributed by atoms with Crippen LogP contribution in [0, 0.1) is 4.77 Å². The van der Waals surface area contributed by atoms with Gasteiger partial charge in [0, 0.05) is 10.0 Å². The lowest BCUT2D eigenvalue weighted by molar-refractivity contribution is 0.230. The number of methoxy groups -OCH3 is 1. The van der Waals surface area contributed by atoms with Crippen LogP contribution in [0.15, 0.2) is 46.9 Å². The van der Waals surface area contributed by atoms with E-state index in [4.69, 9.17) is 21.7 Å². The Morgan fingerprint density at radius 3 is 2.63 bits per heavy atom. The largest absolute Gasteiger partial charge is 0.493 e. The number of benzene rings is 2. The quantitative estimate of drug-likeness (QED) is 0.502. The van der Waals surface area contributed by atoms with Gasteiger partial charge in [0.05, 0.1) is 19.8 Å². The van der Waals surface area contributed by atoms with Crippen molar-refractivity contribution in [2.75, 3.05) is 12.5 Å². The summed E-state index contributed by atoms with van der Waals surface area (Å²) in [6.45, 7) is 4.48. The van der Waals surface area contributed by atoms with Crippen LogP contribution in [-0.4, -0.2) is 28.1 Å². The number of halogens is 1. The van der Waals surface area contributed by atoms with Gasteiger partial charge in [0.15, 0.2) is 17.3 Å². The first-order valence-corrected chi connectivity index (χ1v) is 9.69. The number of H-pyrrole nitrogens is 1. The van der Waals surface area contributed by atoms with E-state index in [0.29, 0.717) is 22.8 Å². The van der Waals surface area contributed by atoms with Gasteiger partial charge in [-0.15, -0.1) is 0 Å². The first kappa shape index (κ1) is 19.4. The van der Waals surface area contributed by atoms with Crippen molar-refractivity contribution in [1.82, 2.24) is 14.9 Å². The van der Waals surface area contributed by atoms with Crippen molar-refractivity contribution < 1.29 is 9.47 Å². The average Bonchev–Trinajstić information content (AvgIpc) is 3.02. The van der Waals surface area contributed by atoms with Crippen molar-refractivity contribution >= 4 is 28.1 Å². The number of ether oxygens (including phenoxy) is 2. The molecule has 3 aromatic rings. The van der Waals surface area contributed by atoms with Crippen LogP contribution in [0.1, 0.15) is 19.4 Å². The summed E-state index contributed by atoms with van der Waals surface area (Å²) in [4.78, 5) is 0. The van der Waals surface area contributed by atoms with Crippen LogP contribution in [0.2, 0.25) is 0 Å². The molecule has 0 saturated heterocycles. The fourth-order valence-corrected chi connectivity index (χ4v) is 3.27. The number of aromatic nitrogens is 3. The maximum atomic E-state index is 5.81. The lowest BCUT2D eigenvalue weighted by Gasteiger charge is -2.17. The highest BCUT2D eigenvalue weighted by Gasteiger charge is 2.13. The number of aromatic amines is 1. The van der Waals surface area contributed by atoms with Gasteiger partial charge in [-0.25, -0.2) is 9.77 Å². The lowest BCUT2D eigenvalue weighted by Crippen LogP contribution is -2.16. The minimum atomic E-state index is 0.0625. The zero-order valence-electron chi connectivity index (χ0n) is 15.3. The molecule has 3 rings (SSSR count). The maximum Gasteiger partial charge on any atom is 0.214 e. The summed E-state index contributed by atoms with van der Waals surface area (Å²) in [5.41, 5.74) is 5.29. The standard InChI is InChI=1S/C19H21BrN4O2S/c1-12(2)26-17-10-15(20)14(9-16(17)25-3)11-21-24-18(22-23-19(24)27)13-7-5-4-6-8-13/h4-10,12,21H,11H2,1-3H3,(H,23,27). The van der Waals surface area contributed by atoms with Crippen molar-refractivity contribution in [1.29, 1.82) is 0 Å². The SMILES string of the molecule is COc1cc(CNn2c(-c3ccccc3)n[nH]c2=S)c(Br)cc1OC(C)C. The van der Waals surface area contributed by atoms with E-state index >= 15 is 0 Å². The molecule has 0 spiro atoms. The van der Waals surface area contributed by atoms with E-state index in [9.17, 15) is 0 Å². The molecule has 0 radical (unpaired) electrons. The Labute approximate surface area is 171 Å². The molecule has 0 fully saturated rings. The Bertz CT molecular complexity index is 970. The summed E-state index contributed by atoms with van der Waals surface area (Å²) < 4.78 is 14.5. The molecule has 0 saturated carbocycles. The van der Waals surface area contributed by atoms with Gasteiger partial charge in [0.1, 0.15) is 0 Å². The molecule has 0 aliphatic carbocycles. The second kappa shape index (κ2) is 8.58. The molecule has 2 N–H and O–H groups in total. The Kier molecular flexibility index (Phi) is 6.18. The minimum Gasteiger partial charge on any atom is -0.493 e. The second-order valence-electron chi connectivity index (χ2n) is 6.15. The van der Waals surface area contributed by atoms with E-state index in [2.05, 4.69) is 31.6 Å². The molecule has 0 bridgehead atoms. The monoisotopic (exact) mass is 448 g/mol. The van der Waals surface area contributed by atoms with Gasteiger partial charge in [-0.05, 0) is 43.8 Å². The van der Waals surface area contributed by atoms with Crippen molar-refractivity contribution in [3.63, 3.8) is 0 Å². The van der Waals surface area contributed by atoms with Crippen LogP contribution in [0.3, 0.4) is 0 Å². The predicted molar refractivity (Wildman–Crippen MR) is 112 cm³/mol. The molecule has 2 aromatic carbocycles. The highest BCUT2D eigenvalue weighted by atomic mass is 79.9. The molecule has 6 nitrogen and oxygen atoms in total. The summed E-state index contributed by atoms with van der Waals surface area (Å²) in [7, 11) is 1.63. The Hall–Kier alpha value is -2.32. The molecule has 1 aromatic heterocycles. The van der Waals surface area contributed by atoms with Crippen molar-refractivity contribution in [2.24, 2.45) is 0 Å². The third-order valence-electron chi connectivity index (χ3n) is 3.83. The molecule has 0 amide bonds. The predicted octanol–water partition coefficient (Wildman–Crippen LogP) is 4.91. The maximum absolute atomic E-state index is 5.81. The first-order valence-electron chi connectivity index (χ1n) is 8.49. The minimum absolute atomic E-state index is 0.0625. The van der Waals surface area contributed by atoms with Gasteiger partial charge >= 0.3 is 0 Å². The van der Waals surface area contributed by atoms with Crippen LogP contribution < -0.4 is 14.9 Å². The molecular formula is C19H21BrN4O2S. The van der Waals surface area contributed by atoms with E-state index in [1.54, 1.807) is 11.8 Å². The normalized spacial score (nSPS) is 10.9. The zero-order chi connectivity index (χ0) is 19.4. The lowest BCUT2D eigenvalue weighted by atomic mass is 10.2. The smallest absolute Gasteiger partial charge is 0.214 e. The van der Waals surface area contributed by atoms with Crippen LogP contribution >= 0.6 is 28.1 Å². The molecular weight excluding hydrogens is 428 g/mol. The van der Waals surface area contributed by atoms with Crippen LogP contribution in [-0.2, 0) is 6.54 Å². The van der Waals surface area contributed by atoms with Crippen LogP contribution in [0.25, 0.3) is 11.4 Å². The summed E-state index contributed by atoms with van der Waals surface area (Å²) >= 11 is 8.98. The van der Waals surface area contributed by atoms with Crippen molar-refractivity contribution in [2.45, 2.75) is 26.5 Å². The zero-order valence-corrected chi connectivity index (χ0v) is 17.7. The van der Waals surface area contributed by atoms with Gasteiger partial charge in [-0.3, -0.25) is 0 Å². The molecule has 1 heterocycles. The molecule has 8 heteroatoms. The summed E-state index contributed by atoms with van der Waals surface area (Å²) in [6.07, 6.45) is 0.0625. The first-order chi connectivity index (χ1) is 13.0. The van der Waals surface area contributed by atoms with Gasteiger partial charge < -0.3 is 14.9 Å². The summed E-state index contributed by atoms with van der Waals surface area (Å²) in [5.74, 6) is 2.11. The Morgan fingerprint density at radius 1 is 1.22 bits per heavy atom. The number of hydrogen-bond donors (Lipinski definition) is 2. The van der Waals surface area contributed by atoms with Gasteiger partial charge in [0.2, 0.25) is 4.77 Å². The Morgan fingerprint density at radius 2 is 1.96 bits per heavy atom. The number of hydrogen-bond acceptors (Lipinski definition) is 5. The van der Waals surface area contributed by atoms with E-state index in [1.807, 2.05) is 56.3 Å². The Balaban J connectivity index is 1.86. The highest BCUT2D eigenvalue weighted by Crippen LogP contribution is 2.34.